The molecule has 0 aliphatic carbocycles. The average molecular weight is 209 g/mol. The summed E-state index contributed by atoms with van der Waals surface area (Å²) in [7, 11) is 1.68. The van der Waals surface area contributed by atoms with Gasteiger partial charge < -0.3 is 9.84 Å². The Bertz CT molecular complexity index is 337. The SMILES string of the molecule is COc1c(C)cnc(CC(C)CO)c1C. The summed E-state index contributed by atoms with van der Waals surface area (Å²) in [6.45, 7) is 6.20. The minimum atomic E-state index is 0.192. The highest BCUT2D eigenvalue weighted by molar-refractivity contribution is 5.41. The Morgan fingerprint density at radius 1 is 1.47 bits per heavy atom. The third-order valence-electron chi connectivity index (χ3n) is 2.60. The second kappa shape index (κ2) is 5.12. The zero-order valence-corrected chi connectivity index (χ0v) is 9.87. The van der Waals surface area contributed by atoms with E-state index in [2.05, 4.69) is 4.98 Å². The van der Waals surface area contributed by atoms with Gasteiger partial charge in [0.2, 0.25) is 0 Å². The van der Waals surface area contributed by atoms with E-state index in [9.17, 15) is 0 Å². The Labute approximate surface area is 91.1 Å². The molecule has 3 heteroatoms. The highest BCUT2D eigenvalue weighted by Gasteiger charge is 2.11. The summed E-state index contributed by atoms with van der Waals surface area (Å²) < 4.78 is 5.33. The zero-order valence-electron chi connectivity index (χ0n) is 9.87. The van der Waals surface area contributed by atoms with Crippen LogP contribution in [-0.2, 0) is 6.42 Å². The number of aryl methyl sites for hydroxylation is 1. The lowest BCUT2D eigenvalue weighted by Crippen LogP contribution is -2.08. The van der Waals surface area contributed by atoms with E-state index in [4.69, 9.17) is 9.84 Å². The van der Waals surface area contributed by atoms with Crippen LogP contribution < -0.4 is 4.74 Å². The molecular weight excluding hydrogens is 190 g/mol. The molecule has 0 fully saturated rings. The largest absolute Gasteiger partial charge is 0.496 e. The first-order valence-corrected chi connectivity index (χ1v) is 5.20. The van der Waals surface area contributed by atoms with E-state index in [0.717, 1.165) is 29.0 Å². The van der Waals surface area contributed by atoms with Gasteiger partial charge in [-0.25, -0.2) is 0 Å². The monoisotopic (exact) mass is 209 g/mol. The van der Waals surface area contributed by atoms with Crippen LogP contribution in [0.2, 0.25) is 0 Å². The fourth-order valence-corrected chi connectivity index (χ4v) is 1.67. The summed E-state index contributed by atoms with van der Waals surface area (Å²) in [5.41, 5.74) is 3.15. The molecule has 1 heterocycles. The van der Waals surface area contributed by atoms with E-state index in [-0.39, 0.29) is 12.5 Å². The maximum absolute atomic E-state index is 9.01. The van der Waals surface area contributed by atoms with Gasteiger partial charge in [0.1, 0.15) is 5.75 Å². The molecule has 0 aliphatic rings. The molecule has 0 spiro atoms. The summed E-state index contributed by atoms with van der Waals surface area (Å²) >= 11 is 0. The minimum Gasteiger partial charge on any atom is -0.496 e. The smallest absolute Gasteiger partial charge is 0.128 e. The predicted molar refractivity (Wildman–Crippen MR) is 60.2 cm³/mol. The lowest BCUT2D eigenvalue weighted by molar-refractivity contribution is 0.236. The standard InChI is InChI=1S/C12H19NO2/c1-8(7-14)5-11-10(3)12(15-4)9(2)6-13-11/h6,8,14H,5,7H2,1-4H3. The molecule has 1 unspecified atom stereocenters. The highest BCUT2D eigenvalue weighted by atomic mass is 16.5. The van der Waals surface area contributed by atoms with Gasteiger partial charge in [-0.3, -0.25) is 4.98 Å². The van der Waals surface area contributed by atoms with Gasteiger partial charge in [-0.05, 0) is 26.2 Å². The Morgan fingerprint density at radius 2 is 2.13 bits per heavy atom. The van der Waals surface area contributed by atoms with Crippen LogP contribution in [0.5, 0.6) is 5.75 Å². The summed E-state index contributed by atoms with van der Waals surface area (Å²) in [5.74, 6) is 1.15. The van der Waals surface area contributed by atoms with Crippen molar-refractivity contribution in [2.45, 2.75) is 27.2 Å². The van der Waals surface area contributed by atoms with E-state index in [1.165, 1.54) is 0 Å². The first-order valence-electron chi connectivity index (χ1n) is 5.20. The predicted octanol–water partition coefficient (Wildman–Crippen LogP) is 1.88. The van der Waals surface area contributed by atoms with E-state index < -0.39 is 0 Å². The van der Waals surface area contributed by atoms with Gasteiger partial charge in [0.05, 0.1) is 7.11 Å². The van der Waals surface area contributed by atoms with Gasteiger partial charge >= 0.3 is 0 Å². The van der Waals surface area contributed by atoms with E-state index in [1.807, 2.05) is 27.0 Å². The van der Waals surface area contributed by atoms with Crippen LogP contribution in [0.3, 0.4) is 0 Å². The molecule has 3 nitrogen and oxygen atoms in total. The van der Waals surface area contributed by atoms with Crippen LogP contribution >= 0.6 is 0 Å². The molecule has 0 aliphatic heterocycles. The third kappa shape index (κ3) is 2.69. The minimum absolute atomic E-state index is 0.192. The molecule has 1 atom stereocenters. The normalized spacial score (nSPS) is 12.6. The van der Waals surface area contributed by atoms with E-state index in [0.29, 0.717) is 0 Å². The molecular formula is C12H19NO2. The number of hydrogen-bond donors (Lipinski definition) is 1. The van der Waals surface area contributed by atoms with Crippen LogP contribution in [-0.4, -0.2) is 23.8 Å². The Hall–Kier alpha value is -1.09. The number of nitrogens with zero attached hydrogens (tertiary/aromatic N) is 1. The van der Waals surface area contributed by atoms with Crippen molar-refractivity contribution >= 4 is 0 Å². The summed E-state index contributed by atoms with van der Waals surface area (Å²) in [4.78, 5) is 4.38. The Kier molecular flexibility index (Phi) is 4.09. The van der Waals surface area contributed by atoms with Crippen molar-refractivity contribution in [3.05, 3.63) is 23.0 Å². The average Bonchev–Trinajstić information content (AvgIpc) is 2.23. The number of methoxy groups -OCH3 is 1. The van der Waals surface area contributed by atoms with Gasteiger partial charge in [-0.15, -0.1) is 0 Å². The number of aliphatic hydroxyl groups is 1. The number of hydrogen-bond acceptors (Lipinski definition) is 3. The number of rotatable bonds is 4. The molecule has 1 rings (SSSR count). The van der Waals surface area contributed by atoms with Gasteiger partial charge in [-0.2, -0.15) is 0 Å². The third-order valence-corrected chi connectivity index (χ3v) is 2.60. The number of aromatic nitrogens is 1. The van der Waals surface area contributed by atoms with Crippen LogP contribution in [0, 0.1) is 19.8 Å². The molecule has 84 valence electrons. The van der Waals surface area contributed by atoms with Crippen molar-refractivity contribution in [2.75, 3.05) is 13.7 Å². The quantitative estimate of drug-likeness (QED) is 0.823. The first kappa shape index (κ1) is 12.0. The van der Waals surface area contributed by atoms with Gasteiger partial charge in [0.15, 0.2) is 0 Å². The fraction of sp³-hybridized carbons (Fsp3) is 0.583. The van der Waals surface area contributed by atoms with E-state index >= 15 is 0 Å². The van der Waals surface area contributed by atoms with Crippen LogP contribution in [0.25, 0.3) is 0 Å². The Balaban J connectivity index is 2.99. The molecule has 0 amide bonds. The summed E-state index contributed by atoms with van der Waals surface area (Å²) in [6, 6.07) is 0. The second-order valence-electron chi connectivity index (χ2n) is 4.04. The molecule has 0 saturated carbocycles. The van der Waals surface area contributed by atoms with Crippen molar-refractivity contribution in [3.63, 3.8) is 0 Å². The molecule has 1 N–H and O–H groups in total. The summed E-state index contributed by atoms with van der Waals surface area (Å²) in [5, 5.41) is 9.01. The molecule has 0 aromatic carbocycles. The van der Waals surface area contributed by atoms with Gasteiger partial charge in [0.25, 0.3) is 0 Å². The van der Waals surface area contributed by atoms with Crippen LogP contribution in [0.15, 0.2) is 6.20 Å². The second-order valence-corrected chi connectivity index (χ2v) is 4.04. The molecule has 1 aromatic rings. The van der Waals surface area contributed by atoms with Crippen molar-refractivity contribution in [3.8, 4) is 5.75 Å². The summed E-state index contributed by atoms with van der Waals surface area (Å²) in [6.07, 6.45) is 2.62. The van der Waals surface area contributed by atoms with Crippen LogP contribution in [0.4, 0.5) is 0 Å². The van der Waals surface area contributed by atoms with E-state index in [1.54, 1.807) is 7.11 Å². The lowest BCUT2D eigenvalue weighted by atomic mass is 10.0. The zero-order chi connectivity index (χ0) is 11.4. The lowest BCUT2D eigenvalue weighted by Gasteiger charge is -2.14. The van der Waals surface area contributed by atoms with Crippen molar-refractivity contribution in [2.24, 2.45) is 5.92 Å². The molecule has 15 heavy (non-hydrogen) atoms. The maximum Gasteiger partial charge on any atom is 0.128 e. The molecule has 0 bridgehead atoms. The fourth-order valence-electron chi connectivity index (χ4n) is 1.67. The van der Waals surface area contributed by atoms with Gasteiger partial charge in [-0.1, -0.05) is 6.92 Å². The number of aliphatic hydroxyl groups excluding tert-OH is 1. The van der Waals surface area contributed by atoms with Crippen molar-refractivity contribution in [1.82, 2.24) is 4.98 Å². The molecule has 0 radical (unpaired) electrons. The van der Waals surface area contributed by atoms with Crippen LogP contribution in [0.1, 0.15) is 23.7 Å². The highest BCUT2D eigenvalue weighted by Crippen LogP contribution is 2.25. The number of pyridine rings is 1. The van der Waals surface area contributed by atoms with Crippen molar-refractivity contribution < 1.29 is 9.84 Å². The Morgan fingerprint density at radius 3 is 2.67 bits per heavy atom. The number of ether oxygens (including phenoxy) is 1. The molecule has 0 saturated heterocycles. The molecule has 1 aromatic heterocycles. The maximum atomic E-state index is 9.01. The topological polar surface area (TPSA) is 42.4 Å². The first-order chi connectivity index (χ1) is 7.10. The van der Waals surface area contributed by atoms with Crippen molar-refractivity contribution in [1.29, 1.82) is 0 Å². The van der Waals surface area contributed by atoms with Gasteiger partial charge in [0, 0.05) is 29.6 Å².